The summed E-state index contributed by atoms with van der Waals surface area (Å²) < 4.78 is 1.82. The van der Waals surface area contributed by atoms with Crippen molar-refractivity contribution in [2.24, 2.45) is 0 Å². The van der Waals surface area contributed by atoms with Crippen LogP contribution in [-0.2, 0) is 6.42 Å². The van der Waals surface area contributed by atoms with E-state index in [0.29, 0.717) is 11.7 Å². The molecule has 3 aromatic heterocycles. The number of rotatable bonds is 5. The van der Waals surface area contributed by atoms with Gasteiger partial charge in [0.15, 0.2) is 11.5 Å². The van der Waals surface area contributed by atoms with Crippen LogP contribution in [0.3, 0.4) is 0 Å². The Bertz CT molecular complexity index is 892. The molecule has 0 saturated heterocycles. The average Bonchev–Trinajstić information content (AvgIpc) is 3.29. The molecular formula is C17H17N7. The van der Waals surface area contributed by atoms with Gasteiger partial charge in [-0.1, -0.05) is 31.2 Å². The van der Waals surface area contributed by atoms with Crippen LogP contribution in [0, 0.1) is 0 Å². The molecule has 0 aliphatic rings. The molecule has 0 aliphatic heterocycles. The lowest BCUT2D eigenvalue weighted by Crippen LogP contribution is -1.97. The van der Waals surface area contributed by atoms with E-state index in [2.05, 4.69) is 49.8 Å². The summed E-state index contributed by atoms with van der Waals surface area (Å²) in [4.78, 5) is 4.60. The van der Waals surface area contributed by atoms with Crippen LogP contribution in [0.1, 0.15) is 30.5 Å². The van der Waals surface area contributed by atoms with E-state index in [4.69, 9.17) is 0 Å². The zero-order valence-electron chi connectivity index (χ0n) is 13.3. The Hall–Kier alpha value is -3.09. The lowest BCUT2D eigenvalue weighted by molar-refractivity contribution is 0.672. The molecule has 1 aromatic carbocycles. The molecule has 0 spiro atoms. The fourth-order valence-corrected chi connectivity index (χ4v) is 2.78. The molecule has 0 aliphatic carbocycles. The molecule has 0 amide bonds. The van der Waals surface area contributed by atoms with E-state index in [-0.39, 0.29) is 0 Å². The molecule has 1 atom stereocenters. The van der Waals surface area contributed by atoms with Crippen molar-refractivity contribution in [1.82, 2.24) is 35.2 Å². The minimum Gasteiger partial charge on any atom is -0.239 e. The Morgan fingerprint density at radius 1 is 1.17 bits per heavy atom. The number of tetrazole rings is 1. The molecule has 7 nitrogen and oxygen atoms in total. The Kier molecular flexibility index (Phi) is 3.74. The predicted octanol–water partition coefficient (Wildman–Crippen LogP) is 2.65. The Labute approximate surface area is 138 Å². The number of aromatic amines is 1. The third kappa shape index (κ3) is 2.88. The maximum Gasteiger partial charge on any atom is 0.179 e. The zero-order valence-corrected chi connectivity index (χ0v) is 13.3. The minimum atomic E-state index is 0.449. The van der Waals surface area contributed by atoms with Crippen molar-refractivity contribution in [2.45, 2.75) is 25.7 Å². The van der Waals surface area contributed by atoms with E-state index in [1.54, 1.807) is 6.20 Å². The average molecular weight is 319 g/mol. The molecule has 1 N–H and O–H groups in total. The van der Waals surface area contributed by atoms with Crippen LogP contribution >= 0.6 is 0 Å². The number of nitrogens with zero attached hydrogens (tertiary/aromatic N) is 6. The summed E-state index contributed by atoms with van der Waals surface area (Å²) in [6.07, 6.45) is 5.74. The van der Waals surface area contributed by atoms with Crippen molar-refractivity contribution < 1.29 is 0 Å². The second-order valence-electron chi connectivity index (χ2n) is 5.87. The highest BCUT2D eigenvalue weighted by atomic mass is 15.5. The summed E-state index contributed by atoms with van der Waals surface area (Å²) in [5.74, 6) is 1.14. The highest BCUT2D eigenvalue weighted by molar-refractivity contribution is 5.54. The van der Waals surface area contributed by atoms with E-state index >= 15 is 0 Å². The topological polar surface area (TPSA) is 84.7 Å². The molecule has 24 heavy (non-hydrogen) atoms. The van der Waals surface area contributed by atoms with Crippen molar-refractivity contribution >= 4 is 5.65 Å². The number of nitrogens with one attached hydrogen (secondary N) is 1. The van der Waals surface area contributed by atoms with Crippen molar-refractivity contribution in [1.29, 1.82) is 0 Å². The quantitative estimate of drug-likeness (QED) is 0.611. The zero-order chi connectivity index (χ0) is 16.4. The third-order valence-electron chi connectivity index (χ3n) is 4.22. The molecule has 4 aromatic rings. The first-order valence-electron chi connectivity index (χ1n) is 7.93. The molecule has 0 bridgehead atoms. The van der Waals surface area contributed by atoms with Crippen LogP contribution in [-0.4, -0.2) is 35.2 Å². The van der Waals surface area contributed by atoms with Gasteiger partial charge in [0.05, 0.1) is 11.9 Å². The lowest BCUT2D eigenvalue weighted by atomic mass is 9.95. The van der Waals surface area contributed by atoms with Gasteiger partial charge < -0.3 is 0 Å². The van der Waals surface area contributed by atoms with Crippen LogP contribution in [0.15, 0.2) is 48.8 Å². The molecule has 1 unspecified atom stereocenters. The van der Waals surface area contributed by atoms with E-state index in [1.807, 2.05) is 35.0 Å². The van der Waals surface area contributed by atoms with E-state index in [0.717, 1.165) is 29.7 Å². The summed E-state index contributed by atoms with van der Waals surface area (Å²) in [5.41, 5.74) is 4.26. The van der Waals surface area contributed by atoms with Crippen LogP contribution in [0.5, 0.6) is 0 Å². The van der Waals surface area contributed by atoms with Crippen molar-refractivity contribution in [3.8, 4) is 11.4 Å². The number of aromatic nitrogens is 7. The SMILES string of the molecule is CC(CCc1cn2ncccc2n1)c1ccc(-c2nnn[nH]2)cc1. The lowest BCUT2D eigenvalue weighted by Gasteiger charge is -2.11. The van der Waals surface area contributed by atoms with Crippen molar-refractivity contribution in [3.63, 3.8) is 0 Å². The first kappa shape index (κ1) is 14.5. The highest BCUT2D eigenvalue weighted by Crippen LogP contribution is 2.23. The van der Waals surface area contributed by atoms with Gasteiger partial charge in [-0.2, -0.15) is 5.10 Å². The maximum atomic E-state index is 4.60. The number of benzene rings is 1. The summed E-state index contributed by atoms with van der Waals surface area (Å²) in [6.45, 7) is 2.24. The molecule has 0 radical (unpaired) electrons. The smallest absolute Gasteiger partial charge is 0.179 e. The predicted molar refractivity (Wildman–Crippen MR) is 89.3 cm³/mol. The van der Waals surface area contributed by atoms with Crippen LogP contribution < -0.4 is 0 Å². The summed E-state index contributed by atoms with van der Waals surface area (Å²) >= 11 is 0. The van der Waals surface area contributed by atoms with E-state index in [9.17, 15) is 0 Å². The van der Waals surface area contributed by atoms with Gasteiger partial charge in [0.25, 0.3) is 0 Å². The molecule has 0 saturated carbocycles. The fourth-order valence-electron chi connectivity index (χ4n) is 2.78. The van der Waals surface area contributed by atoms with Gasteiger partial charge in [-0.3, -0.25) is 0 Å². The summed E-state index contributed by atoms with van der Waals surface area (Å²) in [5, 5.41) is 18.2. The fraction of sp³-hybridized carbons (Fsp3) is 0.235. The van der Waals surface area contributed by atoms with Gasteiger partial charge in [0, 0.05) is 11.8 Å². The Balaban J connectivity index is 1.43. The van der Waals surface area contributed by atoms with Gasteiger partial charge >= 0.3 is 0 Å². The van der Waals surface area contributed by atoms with Gasteiger partial charge in [-0.25, -0.2) is 14.6 Å². The molecule has 120 valence electrons. The molecule has 0 fully saturated rings. The standard InChI is InChI=1S/C17H17N7/c1-12(4-9-15-11-24-16(19-15)3-2-10-18-24)13-5-7-14(8-6-13)17-20-22-23-21-17/h2-3,5-8,10-12H,4,9H2,1H3,(H,20,21,22,23). The van der Waals surface area contributed by atoms with Crippen LogP contribution in [0.2, 0.25) is 0 Å². The number of fused-ring (bicyclic) bond motifs is 1. The van der Waals surface area contributed by atoms with E-state index < -0.39 is 0 Å². The number of aryl methyl sites for hydroxylation is 1. The van der Waals surface area contributed by atoms with E-state index in [1.165, 1.54) is 5.56 Å². The number of H-pyrrole nitrogens is 1. The monoisotopic (exact) mass is 319 g/mol. The highest BCUT2D eigenvalue weighted by Gasteiger charge is 2.09. The molecule has 7 heteroatoms. The van der Waals surface area contributed by atoms with Crippen LogP contribution in [0.25, 0.3) is 17.0 Å². The first-order valence-corrected chi connectivity index (χ1v) is 7.93. The largest absolute Gasteiger partial charge is 0.239 e. The van der Waals surface area contributed by atoms with Gasteiger partial charge in [0.2, 0.25) is 0 Å². The van der Waals surface area contributed by atoms with Gasteiger partial charge in [-0.15, -0.1) is 5.10 Å². The second kappa shape index (κ2) is 6.19. The summed E-state index contributed by atoms with van der Waals surface area (Å²) in [6, 6.07) is 12.2. The second-order valence-corrected chi connectivity index (χ2v) is 5.87. The molecule has 4 rings (SSSR count). The number of hydrogen-bond donors (Lipinski definition) is 1. The van der Waals surface area contributed by atoms with Crippen LogP contribution in [0.4, 0.5) is 0 Å². The normalized spacial score (nSPS) is 12.5. The molecule has 3 heterocycles. The Morgan fingerprint density at radius 3 is 2.79 bits per heavy atom. The first-order chi connectivity index (χ1) is 11.8. The number of imidazole rings is 1. The van der Waals surface area contributed by atoms with Crippen molar-refractivity contribution in [2.75, 3.05) is 0 Å². The molecular weight excluding hydrogens is 302 g/mol. The van der Waals surface area contributed by atoms with Crippen molar-refractivity contribution in [3.05, 3.63) is 60.0 Å². The van der Waals surface area contributed by atoms with Gasteiger partial charge in [0.1, 0.15) is 0 Å². The Morgan fingerprint density at radius 2 is 2.04 bits per heavy atom. The maximum absolute atomic E-state index is 4.60. The number of hydrogen-bond acceptors (Lipinski definition) is 5. The van der Waals surface area contributed by atoms with Gasteiger partial charge in [-0.05, 0) is 46.9 Å². The third-order valence-corrected chi connectivity index (χ3v) is 4.22. The summed E-state index contributed by atoms with van der Waals surface area (Å²) in [7, 11) is 0. The minimum absolute atomic E-state index is 0.449.